The van der Waals surface area contributed by atoms with Gasteiger partial charge < -0.3 is 22.5 Å². The van der Waals surface area contributed by atoms with Crippen molar-refractivity contribution in [3.8, 4) is 0 Å². The molecule has 2 aromatic rings. The van der Waals surface area contributed by atoms with Crippen molar-refractivity contribution in [1.82, 2.24) is 0 Å². The number of nitrogens with zero attached hydrogens (tertiary/aromatic N) is 1. The maximum Gasteiger partial charge on any atom is 0.204 e. The minimum absolute atomic E-state index is 0.199. The maximum absolute atomic E-state index is 12.5. The topological polar surface area (TPSA) is 120 Å². The number of nitrogens with one attached hydrogen (secondary N) is 1. The molecule has 6 heteroatoms. The molecule has 0 unspecified atom stereocenters. The first-order chi connectivity index (χ1) is 13.2. The summed E-state index contributed by atoms with van der Waals surface area (Å²) in [5.41, 5.74) is 26.2. The van der Waals surface area contributed by atoms with E-state index in [9.17, 15) is 4.79 Å². The third-order valence-corrected chi connectivity index (χ3v) is 5.27. The Kier molecular flexibility index (Phi) is 4.96. The number of nitrogens with two attached hydrogens (primary N) is 3. The number of anilines is 3. The first-order valence-electron chi connectivity index (χ1n) is 8.99. The highest BCUT2D eigenvalue weighted by molar-refractivity contribution is 6.23. The van der Waals surface area contributed by atoms with Gasteiger partial charge >= 0.3 is 0 Å². The normalized spacial score (nSPS) is 15.4. The van der Waals surface area contributed by atoms with Crippen molar-refractivity contribution < 1.29 is 4.79 Å². The van der Waals surface area contributed by atoms with E-state index < -0.39 is 0 Å². The van der Waals surface area contributed by atoms with Gasteiger partial charge in [0.1, 0.15) is 0 Å². The molecule has 2 aromatic carbocycles. The van der Waals surface area contributed by atoms with Gasteiger partial charge in [-0.1, -0.05) is 0 Å². The van der Waals surface area contributed by atoms with Crippen LogP contribution in [0.5, 0.6) is 0 Å². The molecule has 28 heavy (non-hydrogen) atoms. The Morgan fingerprint density at radius 3 is 2.07 bits per heavy atom. The second kappa shape index (κ2) is 7.23. The predicted octanol–water partition coefficient (Wildman–Crippen LogP) is 3.58. The lowest BCUT2D eigenvalue weighted by Crippen LogP contribution is -2.22. The molecule has 0 fully saturated rings. The summed E-state index contributed by atoms with van der Waals surface area (Å²) in [5, 5.41) is 3.19. The highest BCUT2D eigenvalue weighted by atomic mass is 16.1. The van der Waals surface area contributed by atoms with Crippen LogP contribution in [0.25, 0.3) is 0 Å². The molecule has 0 aromatic heterocycles. The van der Waals surface area contributed by atoms with Gasteiger partial charge in [0, 0.05) is 23.1 Å². The number of hydrogen-bond donors (Lipinski definition) is 4. The fourth-order valence-corrected chi connectivity index (χ4v) is 2.98. The molecule has 0 saturated carbocycles. The number of nitrogen functional groups attached to an aromatic ring is 2. The second-order valence-corrected chi connectivity index (χ2v) is 7.02. The minimum atomic E-state index is -0.199. The Hall–Kier alpha value is -3.54. The summed E-state index contributed by atoms with van der Waals surface area (Å²) >= 11 is 0. The third-order valence-electron chi connectivity index (χ3n) is 5.27. The predicted molar refractivity (Wildman–Crippen MR) is 117 cm³/mol. The van der Waals surface area contributed by atoms with E-state index in [0.29, 0.717) is 22.8 Å². The lowest BCUT2D eigenvalue weighted by molar-refractivity contribution is -0.111. The number of carbonyl (C=O) groups excluding carboxylic acids is 1. The van der Waals surface area contributed by atoms with Crippen LogP contribution in [0.2, 0.25) is 0 Å². The Morgan fingerprint density at radius 1 is 0.786 bits per heavy atom. The van der Waals surface area contributed by atoms with Crippen molar-refractivity contribution in [3.63, 3.8) is 0 Å². The summed E-state index contributed by atoms with van der Waals surface area (Å²) in [5.74, 6) is -0.199. The van der Waals surface area contributed by atoms with E-state index in [0.717, 1.165) is 39.3 Å². The van der Waals surface area contributed by atoms with Gasteiger partial charge in [0.15, 0.2) is 0 Å². The van der Waals surface area contributed by atoms with Crippen LogP contribution >= 0.6 is 0 Å². The molecule has 0 atom stereocenters. The number of hydrogen-bond acceptors (Lipinski definition) is 6. The van der Waals surface area contributed by atoms with Gasteiger partial charge in [0.25, 0.3) is 0 Å². The summed E-state index contributed by atoms with van der Waals surface area (Å²) in [6.07, 6.45) is 3.06. The average Bonchev–Trinajstić information content (AvgIpc) is 2.66. The quantitative estimate of drug-likeness (QED) is 0.483. The van der Waals surface area contributed by atoms with E-state index in [1.165, 1.54) is 6.08 Å². The van der Waals surface area contributed by atoms with Crippen molar-refractivity contribution in [1.29, 1.82) is 0 Å². The van der Waals surface area contributed by atoms with Gasteiger partial charge in [0.2, 0.25) is 5.78 Å². The zero-order valence-electron chi connectivity index (χ0n) is 16.6. The van der Waals surface area contributed by atoms with Crippen molar-refractivity contribution >= 4 is 34.2 Å². The minimum Gasteiger partial charge on any atom is -0.399 e. The number of rotatable bonds is 3. The third kappa shape index (κ3) is 3.49. The Balaban J connectivity index is 2.01. The molecule has 0 bridgehead atoms. The Labute approximate surface area is 164 Å². The van der Waals surface area contributed by atoms with Gasteiger partial charge in [-0.25, -0.2) is 4.99 Å². The average molecular weight is 375 g/mol. The summed E-state index contributed by atoms with van der Waals surface area (Å²) in [6, 6.07) is 7.35. The van der Waals surface area contributed by atoms with Gasteiger partial charge in [-0.05, 0) is 80.3 Å². The summed E-state index contributed by atoms with van der Waals surface area (Å²) in [7, 11) is 0. The Morgan fingerprint density at radius 2 is 1.39 bits per heavy atom. The van der Waals surface area contributed by atoms with E-state index in [4.69, 9.17) is 17.2 Å². The van der Waals surface area contributed by atoms with E-state index >= 15 is 0 Å². The summed E-state index contributed by atoms with van der Waals surface area (Å²) in [4.78, 5) is 17.1. The van der Waals surface area contributed by atoms with Crippen molar-refractivity contribution in [2.24, 2.45) is 10.7 Å². The van der Waals surface area contributed by atoms with E-state index in [1.54, 1.807) is 6.08 Å². The van der Waals surface area contributed by atoms with E-state index in [1.807, 2.05) is 52.0 Å². The number of aliphatic imine (C=N–C) groups is 1. The number of benzene rings is 2. The zero-order chi connectivity index (χ0) is 20.6. The molecule has 0 amide bonds. The fourth-order valence-electron chi connectivity index (χ4n) is 2.98. The molecular formula is C22H25N5O. The smallest absolute Gasteiger partial charge is 0.204 e. The second-order valence-electron chi connectivity index (χ2n) is 7.02. The molecule has 0 saturated heterocycles. The molecule has 1 aliphatic carbocycles. The van der Waals surface area contributed by atoms with Gasteiger partial charge in [-0.2, -0.15) is 0 Å². The molecule has 7 N–H and O–H groups in total. The molecule has 0 radical (unpaired) electrons. The maximum atomic E-state index is 12.5. The van der Waals surface area contributed by atoms with Crippen LogP contribution in [0.1, 0.15) is 22.3 Å². The standard InChI is InChI=1S/C22H25N5O/c1-11-13(3)18(7-5-15(11)23)26-20-10-21(22(28)9-17(20)25)27-19-8-6-16(24)12(2)14(19)4/h5-10,27H,23-25H2,1-4H3/b26-20+. The number of ketones is 1. The van der Waals surface area contributed by atoms with Crippen LogP contribution in [-0.4, -0.2) is 11.5 Å². The van der Waals surface area contributed by atoms with E-state index in [-0.39, 0.29) is 5.78 Å². The number of allylic oxidation sites excluding steroid dienone is 2. The van der Waals surface area contributed by atoms with Gasteiger partial charge in [-0.3, -0.25) is 4.79 Å². The molecular weight excluding hydrogens is 350 g/mol. The highest BCUT2D eigenvalue weighted by Gasteiger charge is 2.19. The molecule has 0 spiro atoms. The van der Waals surface area contributed by atoms with Crippen LogP contribution < -0.4 is 22.5 Å². The zero-order valence-corrected chi connectivity index (χ0v) is 16.6. The van der Waals surface area contributed by atoms with Crippen molar-refractivity contribution in [2.45, 2.75) is 27.7 Å². The van der Waals surface area contributed by atoms with Gasteiger partial charge in [-0.15, -0.1) is 0 Å². The monoisotopic (exact) mass is 375 g/mol. The molecule has 6 nitrogen and oxygen atoms in total. The largest absolute Gasteiger partial charge is 0.399 e. The Bertz CT molecular complexity index is 1080. The first kappa shape index (κ1) is 19.2. The lowest BCUT2D eigenvalue weighted by atomic mass is 10.0. The lowest BCUT2D eigenvalue weighted by Gasteiger charge is -2.18. The molecule has 1 aliphatic rings. The van der Waals surface area contributed by atoms with Crippen LogP contribution in [0.3, 0.4) is 0 Å². The van der Waals surface area contributed by atoms with Crippen LogP contribution in [0.4, 0.5) is 22.7 Å². The molecule has 0 aliphatic heterocycles. The summed E-state index contributed by atoms with van der Waals surface area (Å²) in [6.45, 7) is 7.82. The first-order valence-corrected chi connectivity index (χ1v) is 8.99. The van der Waals surface area contributed by atoms with Crippen LogP contribution in [0.15, 0.2) is 52.8 Å². The fraction of sp³-hybridized carbons (Fsp3) is 0.182. The van der Waals surface area contributed by atoms with Gasteiger partial charge in [0.05, 0.1) is 22.8 Å². The van der Waals surface area contributed by atoms with E-state index in [2.05, 4.69) is 10.3 Å². The summed E-state index contributed by atoms with van der Waals surface area (Å²) < 4.78 is 0. The van der Waals surface area contributed by atoms with Crippen LogP contribution in [0, 0.1) is 27.7 Å². The van der Waals surface area contributed by atoms with Crippen molar-refractivity contribution in [2.75, 3.05) is 16.8 Å². The SMILES string of the molecule is Cc1c(N)ccc(/N=C2\C=C(Nc3ccc(N)c(C)c3C)C(=O)C=C2N)c1C. The highest BCUT2D eigenvalue weighted by Crippen LogP contribution is 2.28. The molecule has 0 heterocycles. The molecule has 144 valence electrons. The van der Waals surface area contributed by atoms with Crippen LogP contribution in [-0.2, 0) is 4.79 Å². The van der Waals surface area contributed by atoms with Crippen molar-refractivity contribution in [3.05, 3.63) is 70.1 Å². The number of carbonyl (C=O) groups is 1. The molecule has 3 rings (SSSR count).